The Morgan fingerprint density at radius 2 is 1.97 bits per heavy atom. The molecule has 2 heterocycles. The van der Waals surface area contributed by atoms with Crippen LogP contribution in [-0.4, -0.2) is 45.0 Å². The number of aryl methyl sites for hydroxylation is 3. The van der Waals surface area contributed by atoms with E-state index in [0.717, 1.165) is 21.6 Å². The van der Waals surface area contributed by atoms with E-state index in [4.69, 9.17) is 4.52 Å². The second-order valence-corrected chi connectivity index (χ2v) is 6.83. The summed E-state index contributed by atoms with van der Waals surface area (Å²) in [6.07, 6.45) is -1.55. The molecule has 3 N–H and O–H groups in total. The lowest BCUT2D eigenvalue weighted by Crippen LogP contribution is -2.47. The Morgan fingerprint density at radius 1 is 1.23 bits per heavy atom. The van der Waals surface area contributed by atoms with Crippen LogP contribution in [0.25, 0.3) is 0 Å². The molecule has 0 bridgehead atoms. The van der Waals surface area contributed by atoms with Crippen molar-refractivity contribution in [1.82, 2.24) is 25.3 Å². The number of guanidine groups is 1. The normalized spacial score (nSPS) is 14.6. The number of aromatic nitrogens is 3. The topological polar surface area (TPSA) is 100 Å². The molecular formula is C19H29F3N6O2. The first kappa shape index (κ1) is 23.7. The second kappa shape index (κ2) is 9.96. The van der Waals surface area contributed by atoms with Crippen LogP contribution in [0.4, 0.5) is 13.2 Å². The molecule has 0 aliphatic carbocycles. The van der Waals surface area contributed by atoms with Gasteiger partial charge in [-0.3, -0.25) is 0 Å². The molecule has 2 rings (SSSR count). The molecule has 0 saturated heterocycles. The monoisotopic (exact) mass is 430 g/mol. The van der Waals surface area contributed by atoms with Gasteiger partial charge in [-0.25, -0.2) is 9.98 Å². The second-order valence-electron chi connectivity index (χ2n) is 6.83. The lowest BCUT2D eigenvalue weighted by atomic mass is 9.97. The molecule has 0 spiro atoms. The number of nitrogens with one attached hydrogen (secondary N) is 2. The minimum Gasteiger partial charge on any atom is -0.374 e. The summed E-state index contributed by atoms with van der Waals surface area (Å²) in [6, 6.07) is 0. The minimum absolute atomic E-state index is 0.167. The third-order valence-corrected chi connectivity index (χ3v) is 4.79. The number of aliphatic imine (C=N–C) groups is 1. The van der Waals surface area contributed by atoms with Crippen molar-refractivity contribution in [3.63, 3.8) is 0 Å². The van der Waals surface area contributed by atoms with Gasteiger partial charge in [0.2, 0.25) is 5.60 Å². The van der Waals surface area contributed by atoms with Gasteiger partial charge in [0.1, 0.15) is 11.6 Å². The van der Waals surface area contributed by atoms with Gasteiger partial charge in [-0.2, -0.15) is 13.2 Å². The third kappa shape index (κ3) is 5.13. The van der Waals surface area contributed by atoms with Crippen molar-refractivity contribution in [2.75, 3.05) is 13.1 Å². The largest absolute Gasteiger partial charge is 0.424 e. The van der Waals surface area contributed by atoms with Crippen molar-refractivity contribution in [2.24, 2.45) is 12.0 Å². The third-order valence-electron chi connectivity index (χ3n) is 4.79. The number of imidazole rings is 1. The van der Waals surface area contributed by atoms with E-state index in [1.807, 2.05) is 20.8 Å². The molecule has 11 heteroatoms. The number of aliphatic hydroxyl groups is 1. The van der Waals surface area contributed by atoms with Crippen LogP contribution in [0, 0.1) is 0 Å². The zero-order chi connectivity index (χ0) is 22.4. The fourth-order valence-electron chi connectivity index (χ4n) is 3.12. The van der Waals surface area contributed by atoms with Crippen LogP contribution >= 0.6 is 0 Å². The van der Waals surface area contributed by atoms with Crippen molar-refractivity contribution in [3.8, 4) is 0 Å². The van der Waals surface area contributed by atoms with Crippen molar-refractivity contribution in [2.45, 2.75) is 58.4 Å². The highest BCUT2D eigenvalue weighted by molar-refractivity contribution is 5.79. The Kier molecular flexibility index (Phi) is 7.88. The lowest BCUT2D eigenvalue weighted by Gasteiger charge is -2.30. The summed E-state index contributed by atoms with van der Waals surface area (Å²) < 4.78 is 47.4. The van der Waals surface area contributed by atoms with Crippen LogP contribution in [0.1, 0.15) is 50.0 Å². The molecular weight excluding hydrogens is 401 g/mol. The Balaban J connectivity index is 2.13. The Bertz CT molecular complexity index is 824. The maximum Gasteiger partial charge on any atom is 0.424 e. The molecule has 0 fully saturated rings. The lowest BCUT2D eigenvalue weighted by molar-refractivity contribution is -0.272. The quantitative estimate of drug-likeness (QED) is 0.417. The maximum absolute atomic E-state index is 13.6. The van der Waals surface area contributed by atoms with E-state index in [1.54, 1.807) is 0 Å². The Labute approximate surface area is 173 Å². The first-order valence-electron chi connectivity index (χ1n) is 9.93. The van der Waals surface area contributed by atoms with Gasteiger partial charge in [-0.15, -0.1) is 0 Å². The van der Waals surface area contributed by atoms with Crippen molar-refractivity contribution in [1.29, 1.82) is 0 Å². The molecule has 8 nitrogen and oxygen atoms in total. The molecule has 0 saturated carbocycles. The smallest absolute Gasteiger partial charge is 0.374 e. The minimum atomic E-state index is -4.88. The highest BCUT2D eigenvalue weighted by atomic mass is 19.4. The van der Waals surface area contributed by atoms with Gasteiger partial charge in [-0.05, 0) is 13.3 Å². The summed E-state index contributed by atoms with van der Waals surface area (Å²) in [5.74, 6) is 0.628. The summed E-state index contributed by atoms with van der Waals surface area (Å²) in [5, 5.41) is 20.3. The zero-order valence-corrected chi connectivity index (χ0v) is 17.7. The molecule has 1 unspecified atom stereocenters. The van der Waals surface area contributed by atoms with E-state index in [9.17, 15) is 18.3 Å². The van der Waals surface area contributed by atoms with Gasteiger partial charge < -0.3 is 24.8 Å². The van der Waals surface area contributed by atoms with Crippen LogP contribution in [-0.2, 0) is 32.0 Å². The van der Waals surface area contributed by atoms with E-state index in [0.29, 0.717) is 25.3 Å². The Hall–Kier alpha value is -2.56. The fourth-order valence-corrected chi connectivity index (χ4v) is 3.12. The van der Waals surface area contributed by atoms with Gasteiger partial charge in [0.15, 0.2) is 5.96 Å². The number of nitrogens with zero attached hydrogens (tertiary/aromatic N) is 4. The predicted molar refractivity (Wildman–Crippen MR) is 106 cm³/mol. The predicted octanol–water partition coefficient (Wildman–Crippen LogP) is 2.43. The molecule has 2 aromatic rings. The summed E-state index contributed by atoms with van der Waals surface area (Å²) in [7, 11) is 1.41. The van der Waals surface area contributed by atoms with Crippen LogP contribution in [0.15, 0.2) is 21.9 Å². The Morgan fingerprint density at radius 3 is 2.50 bits per heavy atom. The van der Waals surface area contributed by atoms with Crippen LogP contribution in [0.2, 0.25) is 0 Å². The molecule has 0 amide bonds. The highest BCUT2D eigenvalue weighted by Gasteiger charge is 2.57. The number of hydrogen-bond acceptors (Lipinski definition) is 5. The van der Waals surface area contributed by atoms with Crippen LogP contribution in [0.5, 0.6) is 0 Å². The molecule has 168 valence electrons. The molecule has 1 atom stereocenters. The molecule has 0 radical (unpaired) electrons. The highest BCUT2D eigenvalue weighted by Crippen LogP contribution is 2.40. The molecule has 2 aromatic heterocycles. The SMILES string of the molecule is CCNC(=NCc1c(CC)noc1CC)NCCC(O)(c1nccn1C)C(F)(F)F. The molecule has 0 aromatic carbocycles. The van der Waals surface area contributed by atoms with Crippen molar-refractivity contribution < 1.29 is 22.8 Å². The summed E-state index contributed by atoms with van der Waals surface area (Å²) >= 11 is 0. The number of halogens is 3. The van der Waals surface area contributed by atoms with Gasteiger partial charge in [0.25, 0.3) is 0 Å². The van der Waals surface area contributed by atoms with Gasteiger partial charge in [0, 0.05) is 50.9 Å². The first-order valence-corrected chi connectivity index (χ1v) is 9.93. The standard InChI is InChI=1S/C19H29F3N6O2/c1-5-14-13(15(6-2)30-27-14)12-26-17(23-7-3)25-9-8-18(29,19(20,21)22)16-24-10-11-28(16)4/h10-11,29H,5-9,12H2,1-4H3,(H2,23,25,26). The van der Waals surface area contributed by atoms with E-state index < -0.39 is 24.0 Å². The fraction of sp³-hybridized carbons (Fsp3) is 0.632. The zero-order valence-electron chi connectivity index (χ0n) is 17.7. The molecule has 0 aliphatic rings. The van der Waals surface area contributed by atoms with Crippen molar-refractivity contribution in [3.05, 3.63) is 35.2 Å². The van der Waals surface area contributed by atoms with Gasteiger partial charge in [0.05, 0.1) is 12.2 Å². The van der Waals surface area contributed by atoms with E-state index in [2.05, 4.69) is 25.8 Å². The van der Waals surface area contributed by atoms with Gasteiger partial charge >= 0.3 is 6.18 Å². The van der Waals surface area contributed by atoms with Gasteiger partial charge in [-0.1, -0.05) is 19.0 Å². The van der Waals surface area contributed by atoms with E-state index in [-0.39, 0.29) is 13.1 Å². The maximum atomic E-state index is 13.6. The van der Waals surface area contributed by atoms with Crippen molar-refractivity contribution >= 4 is 5.96 Å². The summed E-state index contributed by atoms with van der Waals surface area (Å²) in [6.45, 7) is 6.41. The average Bonchev–Trinajstić information content (AvgIpc) is 3.30. The van der Waals surface area contributed by atoms with E-state index >= 15 is 0 Å². The van der Waals surface area contributed by atoms with Crippen LogP contribution < -0.4 is 10.6 Å². The van der Waals surface area contributed by atoms with E-state index in [1.165, 1.54) is 19.4 Å². The molecule has 30 heavy (non-hydrogen) atoms. The van der Waals surface area contributed by atoms with Crippen LogP contribution in [0.3, 0.4) is 0 Å². The molecule has 0 aliphatic heterocycles. The summed E-state index contributed by atoms with van der Waals surface area (Å²) in [5.41, 5.74) is -1.38. The summed E-state index contributed by atoms with van der Waals surface area (Å²) in [4.78, 5) is 8.14. The number of alkyl halides is 3. The number of hydrogen-bond donors (Lipinski definition) is 3. The average molecular weight is 430 g/mol. The number of rotatable bonds is 9. The first-order chi connectivity index (χ1) is 14.2.